The molecule has 34 heavy (non-hydrogen) atoms. The minimum atomic E-state index is -1.32. The van der Waals surface area contributed by atoms with Gasteiger partial charge in [0.25, 0.3) is 0 Å². The predicted molar refractivity (Wildman–Crippen MR) is 127 cm³/mol. The average Bonchev–Trinajstić information content (AvgIpc) is 2.86. The maximum atomic E-state index is 12.8. The molecule has 0 aliphatic heterocycles. The van der Waals surface area contributed by atoms with Crippen LogP contribution in [0.25, 0.3) is 0 Å². The Balaban J connectivity index is 2.27. The molecule has 0 bridgehead atoms. The van der Waals surface area contributed by atoms with Crippen LogP contribution >= 0.6 is 0 Å². The highest BCUT2D eigenvalue weighted by Gasteiger charge is 2.26. The first-order chi connectivity index (χ1) is 16.4. The monoisotopic (exact) mass is 471 g/mol. The number of carbonyl (C=O) groups excluding carboxylic acids is 1. The number of rotatable bonds is 15. The van der Waals surface area contributed by atoms with Gasteiger partial charge in [0.1, 0.15) is 18.8 Å². The second-order valence-corrected chi connectivity index (χ2v) is 7.95. The molecule has 3 atom stereocenters. The zero-order chi connectivity index (χ0) is 24.8. The van der Waals surface area contributed by atoms with E-state index >= 15 is 0 Å². The molecule has 0 saturated heterocycles. The number of hydrogen-bond acceptors (Lipinski definition) is 7. The van der Waals surface area contributed by atoms with E-state index in [1.165, 1.54) is 6.08 Å². The van der Waals surface area contributed by atoms with Crippen LogP contribution < -0.4 is 0 Å². The van der Waals surface area contributed by atoms with Gasteiger partial charge in [-0.05, 0) is 23.6 Å². The highest BCUT2D eigenvalue weighted by atomic mass is 16.6. The molecule has 0 heterocycles. The number of unbranched alkanes of at least 4 members (excludes halogenated alkanes) is 1. The molecule has 0 aromatic heterocycles. The zero-order valence-electron chi connectivity index (χ0n) is 19.4. The Morgan fingerprint density at radius 1 is 1.12 bits per heavy atom. The first kappa shape index (κ1) is 27.2. The van der Waals surface area contributed by atoms with Gasteiger partial charge in [-0.25, -0.2) is 4.79 Å². The van der Waals surface area contributed by atoms with E-state index in [1.807, 2.05) is 48.5 Å². The highest BCUT2D eigenvalue weighted by Crippen LogP contribution is 2.27. The van der Waals surface area contributed by atoms with E-state index in [0.29, 0.717) is 6.42 Å². The lowest BCUT2D eigenvalue weighted by Gasteiger charge is -2.27. The SMILES string of the molecule is CCCCC(OC(/C=C(\CC[N+](=O)[O-])C(=O)OCc1ccccc1)C(O)CO)c1ccccc1. The molecule has 0 aliphatic carbocycles. The van der Waals surface area contributed by atoms with E-state index in [2.05, 4.69) is 6.92 Å². The van der Waals surface area contributed by atoms with E-state index in [1.54, 1.807) is 12.1 Å². The lowest BCUT2D eigenvalue weighted by molar-refractivity contribution is -0.479. The van der Waals surface area contributed by atoms with E-state index < -0.39 is 36.3 Å². The molecule has 2 rings (SSSR count). The third-order valence-corrected chi connectivity index (χ3v) is 5.28. The fourth-order valence-electron chi connectivity index (χ4n) is 3.38. The fourth-order valence-corrected chi connectivity index (χ4v) is 3.38. The van der Waals surface area contributed by atoms with Crippen LogP contribution in [-0.4, -0.2) is 46.5 Å². The number of aliphatic hydroxyl groups is 2. The first-order valence-electron chi connectivity index (χ1n) is 11.5. The summed E-state index contributed by atoms with van der Waals surface area (Å²) in [4.78, 5) is 23.2. The Labute approximate surface area is 200 Å². The van der Waals surface area contributed by atoms with Crippen LogP contribution in [0.3, 0.4) is 0 Å². The van der Waals surface area contributed by atoms with Crippen molar-refractivity contribution in [1.82, 2.24) is 0 Å². The van der Waals surface area contributed by atoms with Gasteiger partial charge in [0, 0.05) is 16.9 Å². The van der Waals surface area contributed by atoms with Gasteiger partial charge in [-0.15, -0.1) is 0 Å². The zero-order valence-corrected chi connectivity index (χ0v) is 19.4. The number of nitro groups is 1. The molecule has 0 aliphatic rings. The van der Waals surface area contributed by atoms with Crippen LogP contribution in [0.5, 0.6) is 0 Å². The summed E-state index contributed by atoms with van der Waals surface area (Å²) >= 11 is 0. The molecule has 2 aromatic carbocycles. The van der Waals surface area contributed by atoms with Gasteiger partial charge in [-0.2, -0.15) is 0 Å². The second kappa shape index (κ2) is 15.0. The molecule has 8 heteroatoms. The molecule has 2 aromatic rings. The predicted octanol–water partition coefficient (Wildman–Crippen LogP) is 3.99. The molecule has 2 N–H and O–H groups in total. The maximum Gasteiger partial charge on any atom is 0.334 e. The van der Waals surface area contributed by atoms with Gasteiger partial charge in [-0.3, -0.25) is 10.1 Å². The highest BCUT2D eigenvalue weighted by molar-refractivity contribution is 5.88. The molecular weight excluding hydrogens is 438 g/mol. The quantitative estimate of drug-likeness (QED) is 0.174. The molecule has 0 amide bonds. The summed E-state index contributed by atoms with van der Waals surface area (Å²) in [5.41, 5.74) is 1.70. The lowest BCUT2D eigenvalue weighted by atomic mass is 10.0. The summed E-state index contributed by atoms with van der Waals surface area (Å²) in [5.74, 6) is -0.728. The van der Waals surface area contributed by atoms with E-state index in [-0.39, 0.29) is 24.7 Å². The average molecular weight is 472 g/mol. The molecular formula is C26H33NO7. The smallest absolute Gasteiger partial charge is 0.334 e. The minimum Gasteiger partial charge on any atom is -0.457 e. The summed E-state index contributed by atoms with van der Waals surface area (Å²) in [7, 11) is 0. The largest absolute Gasteiger partial charge is 0.457 e. The number of esters is 1. The van der Waals surface area contributed by atoms with Gasteiger partial charge in [0.2, 0.25) is 6.54 Å². The standard InChI is InChI=1S/C26H33NO7/c1-2-3-14-24(21-12-8-5-9-13-21)34-25(23(29)18-28)17-22(15-16-27(31)32)26(30)33-19-20-10-6-4-7-11-20/h4-13,17,23-25,28-29H,2-3,14-16,18-19H2,1H3/b22-17+. The normalized spacial score (nSPS) is 14.3. The third-order valence-electron chi connectivity index (χ3n) is 5.28. The Hall–Kier alpha value is -3.07. The van der Waals surface area contributed by atoms with Crippen LogP contribution in [0, 0.1) is 10.1 Å². The van der Waals surface area contributed by atoms with Gasteiger partial charge in [0.15, 0.2) is 0 Å². The Morgan fingerprint density at radius 3 is 2.35 bits per heavy atom. The fraction of sp³-hybridized carbons (Fsp3) is 0.423. The van der Waals surface area contributed by atoms with E-state index in [9.17, 15) is 25.1 Å². The van der Waals surface area contributed by atoms with Crippen molar-refractivity contribution >= 4 is 5.97 Å². The van der Waals surface area contributed by atoms with Crippen LogP contribution in [-0.2, 0) is 20.9 Å². The number of aliphatic hydroxyl groups excluding tert-OH is 2. The van der Waals surface area contributed by atoms with Crippen molar-refractivity contribution in [3.8, 4) is 0 Å². The van der Waals surface area contributed by atoms with Crippen LogP contribution in [0.2, 0.25) is 0 Å². The molecule has 0 fully saturated rings. The molecule has 3 unspecified atom stereocenters. The topological polar surface area (TPSA) is 119 Å². The molecule has 0 radical (unpaired) electrons. The summed E-state index contributed by atoms with van der Waals surface area (Å²) in [6, 6.07) is 18.5. The van der Waals surface area contributed by atoms with Crippen molar-refractivity contribution in [3.05, 3.63) is 93.6 Å². The number of nitrogens with zero attached hydrogens (tertiary/aromatic N) is 1. The third kappa shape index (κ3) is 9.43. The molecule has 8 nitrogen and oxygen atoms in total. The summed E-state index contributed by atoms with van der Waals surface area (Å²) in [6.45, 7) is 0.983. The summed E-state index contributed by atoms with van der Waals surface area (Å²) < 4.78 is 11.5. The second-order valence-electron chi connectivity index (χ2n) is 7.95. The molecule has 0 spiro atoms. The van der Waals surface area contributed by atoms with Crippen molar-refractivity contribution in [2.24, 2.45) is 0 Å². The van der Waals surface area contributed by atoms with Crippen LogP contribution in [0.4, 0.5) is 0 Å². The van der Waals surface area contributed by atoms with Crippen LogP contribution in [0.1, 0.15) is 49.8 Å². The maximum absolute atomic E-state index is 12.8. The van der Waals surface area contributed by atoms with Gasteiger partial charge in [-0.1, -0.05) is 80.4 Å². The summed E-state index contributed by atoms with van der Waals surface area (Å²) in [5, 5.41) is 31.0. The van der Waals surface area contributed by atoms with E-state index in [0.717, 1.165) is 24.0 Å². The first-order valence-corrected chi connectivity index (χ1v) is 11.5. The minimum absolute atomic E-state index is 0.00664. The van der Waals surface area contributed by atoms with Crippen molar-refractivity contribution in [1.29, 1.82) is 0 Å². The number of ether oxygens (including phenoxy) is 2. The van der Waals surface area contributed by atoms with Crippen molar-refractivity contribution < 1.29 is 29.4 Å². The van der Waals surface area contributed by atoms with Crippen LogP contribution in [0.15, 0.2) is 72.3 Å². The van der Waals surface area contributed by atoms with Crippen molar-refractivity contribution in [2.75, 3.05) is 13.2 Å². The number of hydrogen-bond donors (Lipinski definition) is 2. The summed E-state index contributed by atoms with van der Waals surface area (Å²) in [6.07, 6.45) is 0.877. The van der Waals surface area contributed by atoms with Gasteiger partial charge >= 0.3 is 5.97 Å². The number of benzene rings is 2. The Kier molecular flexibility index (Phi) is 12.0. The Bertz CT molecular complexity index is 902. The molecule has 184 valence electrons. The van der Waals surface area contributed by atoms with E-state index in [4.69, 9.17) is 9.47 Å². The lowest BCUT2D eigenvalue weighted by Crippen LogP contribution is -2.33. The van der Waals surface area contributed by atoms with Gasteiger partial charge < -0.3 is 19.7 Å². The van der Waals surface area contributed by atoms with Crippen molar-refractivity contribution in [3.63, 3.8) is 0 Å². The van der Waals surface area contributed by atoms with Gasteiger partial charge in [0.05, 0.1) is 12.7 Å². The molecule has 0 saturated carbocycles. The number of carbonyl (C=O) groups is 1. The Morgan fingerprint density at radius 2 is 1.76 bits per heavy atom. The van der Waals surface area contributed by atoms with Crippen molar-refractivity contribution in [2.45, 2.75) is 57.5 Å².